The van der Waals surface area contributed by atoms with E-state index in [4.69, 9.17) is 23.2 Å². The molecule has 27 heavy (non-hydrogen) atoms. The third-order valence-electron chi connectivity index (χ3n) is 6.05. The Labute approximate surface area is 191 Å². The van der Waals surface area contributed by atoms with Crippen LogP contribution in [0.15, 0.2) is 72.3 Å². The molecule has 2 atom stereocenters. The van der Waals surface area contributed by atoms with Crippen molar-refractivity contribution in [1.29, 1.82) is 0 Å². The Kier molecular flexibility index (Phi) is 6.89. The van der Waals surface area contributed by atoms with Crippen molar-refractivity contribution in [3.63, 3.8) is 0 Å². The van der Waals surface area contributed by atoms with E-state index in [2.05, 4.69) is 73.7 Å². The minimum atomic E-state index is -0.0992. The molecule has 0 amide bonds. The van der Waals surface area contributed by atoms with E-state index < -0.39 is 0 Å². The number of rotatable bonds is 6. The van der Waals surface area contributed by atoms with Gasteiger partial charge in [0.15, 0.2) is 0 Å². The Morgan fingerprint density at radius 3 is 2.19 bits per heavy atom. The van der Waals surface area contributed by atoms with E-state index in [1.54, 1.807) is 5.88 Å². The molecule has 0 saturated carbocycles. The maximum Gasteiger partial charge on any atom is 0.0193 e. The molecule has 2 aromatic rings. The van der Waals surface area contributed by atoms with Crippen molar-refractivity contribution in [3.05, 3.63) is 89.3 Å². The van der Waals surface area contributed by atoms with Crippen LogP contribution in [0.2, 0.25) is 0 Å². The van der Waals surface area contributed by atoms with Crippen LogP contribution in [0.25, 0.3) is 11.1 Å². The monoisotopic (exact) mass is 471 g/mol. The zero-order valence-corrected chi connectivity index (χ0v) is 19.4. The third kappa shape index (κ3) is 3.81. The first-order valence-corrected chi connectivity index (χ1v) is 10.1. The second kappa shape index (κ2) is 8.81. The van der Waals surface area contributed by atoms with Gasteiger partial charge in [-0.2, -0.15) is 11.6 Å². The quantitative estimate of drug-likeness (QED) is 0.301. The van der Waals surface area contributed by atoms with Crippen molar-refractivity contribution in [2.75, 3.05) is 0 Å². The predicted octanol–water partition coefficient (Wildman–Crippen LogP) is 7.48. The summed E-state index contributed by atoms with van der Waals surface area (Å²) in [5.74, 6) is 1.93. The molecule has 4 rings (SSSR count). The Morgan fingerprint density at radius 2 is 1.67 bits per heavy atom. The van der Waals surface area contributed by atoms with Gasteiger partial charge in [-0.05, 0) is 40.5 Å². The van der Waals surface area contributed by atoms with Crippen LogP contribution in [0.1, 0.15) is 43.2 Å². The molecular weight excluding hydrogens is 450 g/mol. The van der Waals surface area contributed by atoms with Crippen LogP contribution in [0, 0.1) is 11.3 Å². The molecule has 2 aliphatic carbocycles. The van der Waals surface area contributed by atoms with E-state index in [1.807, 2.05) is 0 Å². The van der Waals surface area contributed by atoms with Gasteiger partial charge in [-0.1, -0.05) is 91.1 Å². The normalized spacial score (nSPS) is 18.3. The molecule has 2 aromatic carbocycles. The van der Waals surface area contributed by atoms with E-state index in [0.29, 0.717) is 5.92 Å². The van der Waals surface area contributed by atoms with Crippen molar-refractivity contribution < 1.29 is 26.2 Å². The molecule has 0 aromatic heterocycles. The average Bonchev–Trinajstić information content (AvgIpc) is 3.33. The minimum Gasteiger partial charge on any atom is -0.348 e. The number of hydrogen-bond acceptors (Lipinski definition) is 0. The topological polar surface area (TPSA) is 0 Å². The van der Waals surface area contributed by atoms with E-state index in [-0.39, 0.29) is 37.0 Å². The van der Waals surface area contributed by atoms with Crippen LogP contribution in [-0.2, 0) is 26.2 Å². The van der Waals surface area contributed by atoms with Gasteiger partial charge in [0, 0.05) is 32.1 Å². The molecule has 3 heteroatoms. The summed E-state index contributed by atoms with van der Waals surface area (Å²) in [7, 11) is 0. The van der Waals surface area contributed by atoms with Crippen molar-refractivity contribution in [1.82, 2.24) is 0 Å². The van der Waals surface area contributed by atoms with Gasteiger partial charge < -0.3 is 11.6 Å². The van der Waals surface area contributed by atoms with Gasteiger partial charge in [-0.15, -0.1) is 0 Å². The SMILES string of the molecule is CC(CCC(Cl)[CH-]Cl)(C1=CC=CC1)C1c2ccccc2-c2ccccc21.[Zr]. The number of allylic oxidation sites excluding steroid dienone is 4. The van der Waals surface area contributed by atoms with Gasteiger partial charge in [0.05, 0.1) is 0 Å². The molecular formula is C24H23Cl2Zr-. The van der Waals surface area contributed by atoms with E-state index in [1.165, 1.54) is 27.8 Å². The van der Waals surface area contributed by atoms with Crippen molar-refractivity contribution in [2.24, 2.45) is 5.41 Å². The molecule has 0 heterocycles. The second-order valence-electron chi connectivity index (χ2n) is 7.53. The van der Waals surface area contributed by atoms with E-state index in [0.717, 1.165) is 19.3 Å². The minimum absolute atomic E-state index is 0. The van der Waals surface area contributed by atoms with Gasteiger partial charge in [0.2, 0.25) is 0 Å². The Balaban J connectivity index is 0.00000210. The summed E-state index contributed by atoms with van der Waals surface area (Å²) in [6.07, 6.45) is 9.65. The summed E-state index contributed by atoms with van der Waals surface area (Å²) in [4.78, 5) is 0. The van der Waals surface area contributed by atoms with Crippen LogP contribution in [-0.4, -0.2) is 5.38 Å². The maximum atomic E-state index is 6.36. The second-order valence-corrected chi connectivity index (χ2v) is 8.34. The number of halogens is 2. The maximum absolute atomic E-state index is 6.36. The molecule has 0 bridgehead atoms. The number of hydrogen-bond donors (Lipinski definition) is 0. The standard InChI is InChI=1S/C24H23Cl2.Zr/c1-24(15-14-18(26)16-25,17-8-2-3-9-17)23-21-12-6-4-10-19(21)20-11-5-7-13-22(20)23;/h2-8,10-13,16,18,23H,9,14-15H2,1H3;/q-1;. The van der Waals surface area contributed by atoms with Gasteiger partial charge in [-0.25, -0.2) is 5.88 Å². The van der Waals surface area contributed by atoms with Crippen molar-refractivity contribution in [2.45, 2.75) is 37.5 Å². The average molecular weight is 474 g/mol. The molecule has 2 aliphatic rings. The van der Waals surface area contributed by atoms with Crippen LogP contribution in [0.5, 0.6) is 0 Å². The van der Waals surface area contributed by atoms with Gasteiger partial charge in [-0.3, -0.25) is 0 Å². The first-order valence-electron chi connectivity index (χ1n) is 9.27. The van der Waals surface area contributed by atoms with Gasteiger partial charge in [0.1, 0.15) is 0 Å². The molecule has 0 nitrogen and oxygen atoms in total. The molecule has 2 unspecified atom stereocenters. The first-order chi connectivity index (χ1) is 12.6. The molecule has 0 radical (unpaired) electrons. The van der Waals surface area contributed by atoms with E-state index in [9.17, 15) is 0 Å². The fraction of sp³-hybridized carbons (Fsp3) is 0.292. The van der Waals surface area contributed by atoms with Crippen LogP contribution in [0.3, 0.4) is 0 Å². The largest absolute Gasteiger partial charge is 0.348 e. The molecule has 0 N–H and O–H groups in total. The Bertz CT molecular complexity index is 825. The summed E-state index contributed by atoms with van der Waals surface area (Å²) in [5.41, 5.74) is 7.12. The van der Waals surface area contributed by atoms with Crippen LogP contribution in [0.4, 0.5) is 0 Å². The summed E-state index contributed by atoms with van der Waals surface area (Å²) in [5, 5.41) is -0.0992. The fourth-order valence-corrected chi connectivity index (χ4v) is 4.94. The van der Waals surface area contributed by atoms with E-state index >= 15 is 0 Å². The fourth-order valence-electron chi connectivity index (χ4n) is 4.70. The van der Waals surface area contributed by atoms with Crippen LogP contribution >= 0.6 is 23.2 Å². The first kappa shape index (κ1) is 21.1. The van der Waals surface area contributed by atoms with Crippen LogP contribution < -0.4 is 0 Å². The van der Waals surface area contributed by atoms with Crippen molar-refractivity contribution in [3.8, 4) is 11.1 Å². The van der Waals surface area contributed by atoms with Gasteiger partial charge in [0.25, 0.3) is 0 Å². The molecule has 0 fully saturated rings. The number of benzene rings is 2. The number of fused-ring (bicyclic) bond motifs is 3. The number of alkyl halides is 1. The van der Waals surface area contributed by atoms with Gasteiger partial charge >= 0.3 is 0 Å². The molecule has 0 saturated heterocycles. The summed E-state index contributed by atoms with van der Waals surface area (Å²) >= 11 is 12.2. The zero-order valence-electron chi connectivity index (χ0n) is 15.5. The summed E-state index contributed by atoms with van der Waals surface area (Å²) < 4.78 is 0. The smallest absolute Gasteiger partial charge is 0.0193 e. The third-order valence-corrected chi connectivity index (χ3v) is 6.83. The molecule has 0 aliphatic heterocycles. The molecule has 138 valence electrons. The predicted molar refractivity (Wildman–Crippen MR) is 113 cm³/mol. The Morgan fingerprint density at radius 1 is 1.07 bits per heavy atom. The zero-order chi connectivity index (χ0) is 18.1. The molecule has 0 spiro atoms. The van der Waals surface area contributed by atoms with Crippen molar-refractivity contribution >= 4 is 23.2 Å². The summed E-state index contributed by atoms with van der Waals surface area (Å²) in [6, 6.07) is 17.7. The summed E-state index contributed by atoms with van der Waals surface area (Å²) in [6.45, 7) is 2.41. The Hall–Kier alpha value is -0.617.